The van der Waals surface area contributed by atoms with Crippen LogP contribution in [0.2, 0.25) is 0 Å². The van der Waals surface area contributed by atoms with E-state index in [4.69, 9.17) is 5.73 Å². The summed E-state index contributed by atoms with van der Waals surface area (Å²) in [5, 5.41) is 6.22. The molecule has 0 fully saturated rings. The standard InChI is InChI=1S/C30H33N7O2/c1-3-20-7-9-21(10-8-20)24(25-6-4-5-15-32-25)18-34-28-30(39)37-23(17-33-28)12-13-26(37)29(38)35-16-22-11-14-27(31)36-19(22)2/h4-11,14-15,17,24,26H,3,12-13,16,18H2,1-2H3,(H2,31,36)(H,33,34)(H,35,38)/t24-,26-/m0/s1. The molecule has 0 radical (unpaired) electrons. The molecule has 4 aromatic rings. The van der Waals surface area contributed by atoms with Crippen molar-refractivity contribution in [2.24, 2.45) is 0 Å². The van der Waals surface area contributed by atoms with E-state index in [9.17, 15) is 9.59 Å². The highest BCUT2D eigenvalue weighted by Crippen LogP contribution is 2.26. The lowest BCUT2D eigenvalue weighted by molar-refractivity contribution is -0.124. The largest absolute Gasteiger partial charge is 0.384 e. The van der Waals surface area contributed by atoms with Crippen molar-refractivity contribution in [1.82, 2.24) is 24.8 Å². The summed E-state index contributed by atoms with van der Waals surface area (Å²) in [4.78, 5) is 39.9. The zero-order chi connectivity index (χ0) is 27.4. The summed E-state index contributed by atoms with van der Waals surface area (Å²) >= 11 is 0. The van der Waals surface area contributed by atoms with Crippen molar-refractivity contribution in [3.63, 3.8) is 0 Å². The lowest BCUT2D eigenvalue weighted by Crippen LogP contribution is -2.36. The molecule has 3 aromatic heterocycles. The van der Waals surface area contributed by atoms with Crippen LogP contribution < -0.4 is 21.9 Å². The van der Waals surface area contributed by atoms with Crippen molar-refractivity contribution in [3.8, 4) is 0 Å². The number of aromatic nitrogens is 4. The number of rotatable bonds is 9. The number of hydrogen-bond acceptors (Lipinski definition) is 7. The van der Waals surface area contributed by atoms with Gasteiger partial charge >= 0.3 is 0 Å². The maximum Gasteiger partial charge on any atom is 0.294 e. The molecule has 200 valence electrons. The van der Waals surface area contributed by atoms with E-state index in [1.54, 1.807) is 23.0 Å². The van der Waals surface area contributed by atoms with Crippen LogP contribution in [0, 0.1) is 6.92 Å². The predicted molar refractivity (Wildman–Crippen MR) is 151 cm³/mol. The number of carbonyl (C=O) groups is 1. The molecule has 2 atom stereocenters. The molecule has 9 heteroatoms. The Kier molecular flexibility index (Phi) is 7.67. The fourth-order valence-corrected chi connectivity index (χ4v) is 5.07. The quantitative estimate of drug-likeness (QED) is 0.306. The minimum Gasteiger partial charge on any atom is -0.384 e. The molecule has 0 aliphatic carbocycles. The summed E-state index contributed by atoms with van der Waals surface area (Å²) in [5.41, 5.74) is 11.1. The van der Waals surface area contributed by atoms with Crippen LogP contribution in [0.1, 0.15) is 59.1 Å². The number of nitrogens with two attached hydrogens (primary N) is 1. The van der Waals surface area contributed by atoms with Crippen LogP contribution in [-0.4, -0.2) is 32.0 Å². The lowest BCUT2D eigenvalue weighted by Gasteiger charge is -2.19. The van der Waals surface area contributed by atoms with Gasteiger partial charge in [0, 0.05) is 48.5 Å². The number of anilines is 2. The molecule has 0 saturated heterocycles. The van der Waals surface area contributed by atoms with Crippen molar-refractivity contribution in [2.75, 3.05) is 17.6 Å². The monoisotopic (exact) mass is 523 g/mol. The summed E-state index contributed by atoms with van der Waals surface area (Å²) < 4.78 is 1.57. The lowest BCUT2D eigenvalue weighted by atomic mass is 9.94. The fraction of sp³-hybridized carbons (Fsp3) is 0.300. The number of nitrogens with one attached hydrogen (secondary N) is 2. The molecule has 4 heterocycles. The first-order chi connectivity index (χ1) is 18.9. The van der Waals surface area contributed by atoms with E-state index in [1.807, 2.05) is 31.2 Å². The van der Waals surface area contributed by atoms with E-state index in [-0.39, 0.29) is 23.2 Å². The number of pyridine rings is 2. The van der Waals surface area contributed by atoms with Gasteiger partial charge in [-0.15, -0.1) is 0 Å². The molecule has 1 aromatic carbocycles. The first kappa shape index (κ1) is 26.1. The summed E-state index contributed by atoms with van der Waals surface area (Å²) in [6.45, 7) is 4.73. The van der Waals surface area contributed by atoms with Crippen molar-refractivity contribution < 1.29 is 4.79 Å². The average molecular weight is 524 g/mol. The SMILES string of the molecule is CCc1ccc([C@H](CNc2ncc3n(c2=O)[C@H](C(=O)NCc2ccc(N)nc2C)CC3)c2ccccn2)cc1. The highest BCUT2D eigenvalue weighted by atomic mass is 16.2. The Morgan fingerprint density at radius 1 is 1.13 bits per heavy atom. The Balaban J connectivity index is 1.34. The van der Waals surface area contributed by atoms with Gasteiger partial charge in [0.1, 0.15) is 11.9 Å². The van der Waals surface area contributed by atoms with Gasteiger partial charge in [-0.05, 0) is 61.1 Å². The fourth-order valence-electron chi connectivity index (χ4n) is 5.07. The molecule has 1 aliphatic heterocycles. The van der Waals surface area contributed by atoms with Crippen LogP contribution in [0.15, 0.2) is 71.8 Å². The first-order valence-corrected chi connectivity index (χ1v) is 13.3. The zero-order valence-corrected chi connectivity index (χ0v) is 22.2. The van der Waals surface area contributed by atoms with E-state index in [1.165, 1.54) is 5.56 Å². The highest BCUT2D eigenvalue weighted by Gasteiger charge is 2.31. The Bertz CT molecular complexity index is 1520. The van der Waals surface area contributed by atoms with Crippen LogP contribution in [0.4, 0.5) is 11.6 Å². The minimum atomic E-state index is -0.591. The molecular weight excluding hydrogens is 490 g/mol. The normalized spacial score (nSPS) is 15.0. The van der Waals surface area contributed by atoms with Gasteiger partial charge in [0.2, 0.25) is 5.91 Å². The average Bonchev–Trinajstić information content (AvgIpc) is 3.40. The predicted octanol–water partition coefficient (Wildman–Crippen LogP) is 3.53. The number of nitrogens with zero attached hydrogens (tertiary/aromatic N) is 4. The molecule has 5 rings (SSSR count). The van der Waals surface area contributed by atoms with Gasteiger partial charge in [0.15, 0.2) is 5.82 Å². The minimum absolute atomic E-state index is 0.0765. The molecule has 0 unspecified atom stereocenters. The third-order valence-corrected chi connectivity index (χ3v) is 7.34. The summed E-state index contributed by atoms with van der Waals surface area (Å²) in [5.74, 6) is 0.386. The van der Waals surface area contributed by atoms with Crippen molar-refractivity contribution in [1.29, 1.82) is 0 Å². The molecule has 4 N–H and O–H groups in total. The Hall–Kier alpha value is -4.53. The second-order valence-corrected chi connectivity index (χ2v) is 9.81. The van der Waals surface area contributed by atoms with Gasteiger partial charge in [-0.3, -0.25) is 19.1 Å². The van der Waals surface area contributed by atoms with E-state index in [2.05, 4.69) is 56.8 Å². The van der Waals surface area contributed by atoms with Crippen molar-refractivity contribution in [3.05, 3.63) is 111 Å². The zero-order valence-electron chi connectivity index (χ0n) is 22.2. The smallest absolute Gasteiger partial charge is 0.294 e. The number of aryl methyl sites for hydroxylation is 3. The van der Waals surface area contributed by atoms with Gasteiger partial charge in [-0.25, -0.2) is 9.97 Å². The van der Waals surface area contributed by atoms with Crippen molar-refractivity contribution in [2.45, 2.75) is 51.6 Å². The Labute approximate surface area is 227 Å². The van der Waals surface area contributed by atoms with Crippen molar-refractivity contribution >= 4 is 17.5 Å². The van der Waals surface area contributed by atoms with E-state index in [0.717, 1.165) is 34.6 Å². The topological polar surface area (TPSA) is 128 Å². The highest BCUT2D eigenvalue weighted by molar-refractivity contribution is 5.81. The molecular formula is C30H33N7O2. The molecule has 9 nitrogen and oxygen atoms in total. The van der Waals surface area contributed by atoms with Crippen LogP contribution in [0.25, 0.3) is 0 Å². The van der Waals surface area contributed by atoms with Gasteiger partial charge in [0.05, 0.1) is 0 Å². The molecule has 1 aliphatic rings. The van der Waals surface area contributed by atoms with E-state index >= 15 is 0 Å². The van der Waals surface area contributed by atoms with Gasteiger partial charge in [-0.1, -0.05) is 43.3 Å². The number of carbonyl (C=O) groups excluding carboxylic acids is 1. The number of hydrogen-bond donors (Lipinski definition) is 3. The van der Waals surface area contributed by atoms with Crippen LogP contribution in [-0.2, 0) is 24.2 Å². The van der Waals surface area contributed by atoms with Crippen LogP contribution in [0.3, 0.4) is 0 Å². The number of fused-ring (bicyclic) bond motifs is 1. The second-order valence-electron chi connectivity index (χ2n) is 9.81. The molecule has 1 amide bonds. The summed E-state index contributed by atoms with van der Waals surface area (Å²) in [7, 11) is 0. The second kappa shape index (κ2) is 11.5. The third-order valence-electron chi connectivity index (χ3n) is 7.34. The molecule has 0 bridgehead atoms. The van der Waals surface area contributed by atoms with E-state index < -0.39 is 6.04 Å². The van der Waals surface area contributed by atoms with Crippen LogP contribution in [0.5, 0.6) is 0 Å². The number of benzene rings is 1. The molecule has 0 spiro atoms. The van der Waals surface area contributed by atoms with Gasteiger partial charge in [-0.2, -0.15) is 0 Å². The van der Waals surface area contributed by atoms with E-state index in [0.29, 0.717) is 31.7 Å². The van der Waals surface area contributed by atoms with Crippen LogP contribution >= 0.6 is 0 Å². The maximum absolute atomic E-state index is 13.5. The Morgan fingerprint density at radius 2 is 1.95 bits per heavy atom. The summed E-state index contributed by atoms with van der Waals surface area (Å²) in [6, 6.07) is 17.3. The maximum atomic E-state index is 13.5. The molecule has 0 saturated carbocycles. The Morgan fingerprint density at radius 3 is 2.67 bits per heavy atom. The number of amides is 1. The summed E-state index contributed by atoms with van der Waals surface area (Å²) in [6.07, 6.45) is 5.59. The third kappa shape index (κ3) is 5.67. The first-order valence-electron chi connectivity index (χ1n) is 13.3. The molecule has 39 heavy (non-hydrogen) atoms. The van der Waals surface area contributed by atoms with Gasteiger partial charge < -0.3 is 16.4 Å². The number of nitrogen functional groups attached to an aromatic ring is 1. The van der Waals surface area contributed by atoms with Gasteiger partial charge in [0.25, 0.3) is 5.56 Å².